The Labute approximate surface area is 141 Å². The first kappa shape index (κ1) is 16.3. The molecule has 0 spiro atoms. The molecule has 5 nitrogen and oxygen atoms in total. The molecule has 1 fully saturated rings. The quantitative estimate of drug-likeness (QED) is 0.866. The number of aryl methyl sites for hydroxylation is 1. The number of fused-ring (bicyclic) bond motifs is 1. The summed E-state index contributed by atoms with van der Waals surface area (Å²) in [5.74, 6) is 1.36. The number of benzene rings is 1. The summed E-state index contributed by atoms with van der Waals surface area (Å²) in [5, 5.41) is 0.711. The van der Waals surface area contributed by atoms with E-state index >= 15 is 0 Å². The normalized spacial score (nSPS) is 16.5. The number of imidazole rings is 1. The lowest BCUT2D eigenvalue weighted by Gasteiger charge is -2.35. The van der Waals surface area contributed by atoms with Crippen LogP contribution in [0.25, 0.3) is 11.0 Å². The molecule has 1 aliphatic heterocycles. The van der Waals surface area contributed by atoms with Gasteiger partial charge in [-0.2, -0.15) is 0 Å². The second kappa shape index (κ2) is 6.49. The highest BCUT2D eigenvalue weighted by Gasteiger charge is 2.23. The fraction of sp³-hybridized carbons (Fsp3) is 0.529. The fourth-order valence-electron chi connectivity index (χ4n) is 3.06. The van der Waals surface area contributed by atoms with Crippen molar-refractivity contribution in [1.29, 1.82) is 0 Å². The molecular formula is C17H23ClN4O. The lowest BCUT2D eigenvalue weighted by Crippen LogP contribution is -2.49. The van der Waals surface area contributed by atoms with Crippen molar-refractivity contribution in [2.45, 2.75) is 20.4 Å². The van der Waals surface area contributed by atoms with E-state index in [1.54, 1.807) is 0 Å². The van der Waals surface area contributed by atoms with Gasteiger partial charge in [0.15, 0.2) is 0 Å². The number of amides is 1. The van der Waals surface area contributed by atoms with Crippen LogP contribution in [0.2, 0.25) is 5.02 Å². The standard InChI is InChI=1S/C17H23ClN4O/c1-12(2)17(23)22-8-6-21(7-9-22)11-16-19-14-10-13(18)4-5-15(14)20(16)3/h4-5,10,12H,6-9,11H2,1-3H3. The number of aromatic nitrogens is 2. The number of hydrogen-bond acceptors (Lipinski definition) is 3. The summed E-state index contributed by atoms with van der Waals surface area (Å²) >= 11 is 6.05. The third kappa shape index (κ3) is 3.35. The topological polar surface area (TPSA) is 41.4 Å². The Hall–Kier alpha value is -1.59. The second-order valence-corrected chi connectivity index (χ2v) is 6.91. The molecule has 3 rings (SSSR count). The van der Waals surface area contributed by atoms with E-state index in [0.29, 0.717) is 5.02 Å². The number of halogens is 1. The van der Waals surface area contributed by atoms with Crippen molar-refractivity contribution in [3.63, 3.8) is 0 Å². The van der Waals surface area contributed by atoms with E-state index in [1.165, 1.54) is 0 Å². The van der Waals surface area contributed by atoms with Crippen LogP contribution in [0.15, 0.2) is 18.2 Å². The third-order valence-electron chi connectivity index (χ3n) is 4.48. The molecule has 0 radical (unpaired) electrons. The number of rotatable bonds is 3. The Morgan fingerprint density at radius 3 is 2.61 bits per heavy atom. The molecule has 1 amide bonds. The van der Waals surface area contributed by atoms with Crippen molar-refractivity contribution in [2.75, 3.05) is 26.2 Å². The minimum absolute atomic E-state index is 0.0751. The molecule has 1 aromatic heterocycles. The molecule has 124 valence electrons. The predicted molar refractivity (Wildman–Crippen MR) is 92.4 cm³/mol. The van der Waals surface area contributed by atoms with Crippen LogP contribution in [0.3, 0.4) is 0 Å². The van der Waals surface area contributed by atoms with Crippen molar-refractivity contribution in [3.8, 4) is 0 Å². The van der Waals surface area contributed by atoms with Gasteiger partial charge in [-0.25, -0.2) is 4.98 Å². The molecule has 1 aliphatic rings. The summed E-state index contributed by atoms with van der Waals surface area (Å²) in [4.78, 5) is 21.1. The maximum atomic E-state index is 12.0. The summed E-state index contributed by atoms with van der Waals surface area (Å²) in [6.45, 7) is 8.09. The Kier molecular flexibility index (Phi) is 4.60. The fourth-order valence-corrected chi connectivity index (χ4v) is 3.22. The van der Waals surface area contributed by atoms with E-state index < -0.39 is 0 Å². The van der Waals surface area contributed by atoms with Gasteiger partial charge >= 0.3 is 0 Å². The first-order chi connectivity index (χ1) is 11.0. The summed E-state index contributed by atoms with van der Waals surface area (Å²) in [6, 6.07) is 5.80. The van der Waals surface area contributed by atoms with E-state index in [4.69, 9.17) is 16.6 Å². The van der Waals surface area contributed by atoms with Crippen LogP contribution in [0, 0.1) is 5.92 Å². The Morgan fingerprint density at radius 1 is 1.26 bits per heavy atom. The van der Waals surface area contributed by atoms with Crippen LogP contribution in [0.5, 0.6) is 0 Å². The van der Waals surface area contributed by atoms with Crippen molar-refractivity contribution in [1.82, 2.24) is 19.4 Å². The van der Waals surface area contributed by atoms with E-state index in [0.717, 1.165) is 49.6 Å². The van der Waals surface area contributed by atoms with Crippen LogP contribution in [0.1, 0.15) is 19.7 Å². The Bertz CT molecular complexity index is 717. The second-order valence-electron chi connectivity index (χ2n) is 6.48. The number of carbonyl (C=O) groups is 1. The molecule has 0 unspecified atom stereocenters. The highest BCUT2D eigenvalue weighted by atomic mass is 35.5. The van der Waals surface area contributed by atoms with Gasteiger partial charge in [0, 0.05) is 44.2 Å². The molecule has 6 heteroatoms. The lowest BCUT2D eigenvalue weighted by atomic mass is 10.1. The molecule has 0 bridgehead atoms. The van der Waals surface area contributed by atoms with Crippen LogP contribution in [-0.2, 0) is 18.4 Å². The van der Waals surface area contributed by atoms with Crippen LogP contribution >= 0.6 is 11.6 Å². The number of piperazine rings is 1. The molecule has 1 aromatic carbocycles. The lowest BCUT2D eigenvalue weighted by molar-refractivity contribution is -0.136. The largest absolute Gasteiger partial charge is 0.340 e. The predicted octanol–water partition coefficient (Wildman–Crippen LogP) is 2.53. The molecule has 1 saturated heterocycles. The van der Waals surface area contributed by atoms with Crippen LogP contribution in [-0.4, -0.2) is 51.4 Å². The summed E-state index contributed by atoms with van der Waals surface area (Å²) in [6.07, 6.45) is 0. The van der Waals surface area contributed by atoms with Gasteiger partial charge in [-0.1, -0.05) is 25.4 Å². The first-order valence-corrected chi connectivity index (χ1v) is 8.45. The number of hydrogen-bond donors (Lipinski definition) is 0. The van der Waals surface area contributed by atoms with Gasteiger partial charge in [0.1, 0.15) is 5.82 Å². The number of nitrogens with zero attached hydrogens (tertiary/aromatic N) is 4. The molecule has 0 atom stereocenters. The highest BCUT2D eigenvalue weighted by molar-refractivity contribution is 6.31. The highest BCUT2D eigenvalue weighted by Crippen LogP contribution is 2.20. The molecule has 23 heavy (non-hydrogen) atoms. The van der Waals surface area contributed by atoms with E-state index in [-0.39, 0.29) is 11.8 Å². The molecule has 0 saturated carbocycles. The van der Waals surface area contributed by atoms with Gasteiger partial charge in [-0.3, -0.25) is 9.69 Å². The molecule has 0 aliphatic carbocycles. The van der Waals surface area contributed by atoms with Gasteiger partial charge in [0.2, 0.25) is 5.91 Å². The molecular weight excluding hydrogens is 312 g/mol. The maximum Gasteiger partial charge on any atom is 0.225 e. The Morgan fingerprint density at radius 2 is 1.96 bits per heavy atom. The first-order valence-electron chi connectivity index (χ1n) is 8.07. The van der Waals surface area contributed by atoms with Gasteiger partial charge in [0.25, 0.3) is 0 Å². The summed E-state index contributed by atoms with van der Waals surface area (Å²) < 4.78 is 2.12. The maximum absolute atomic E-state index is 12.0. The van der Waals surface area contributed by atoms with Crippen LogP contribution < -0.4 is 0 Å². The zero-order valence-corrected chi connectivity index (χ0v) is 14.7. The minimum atomic E-state index is 0.0751. The third-order valence-corrected chi connectivity index (χ3v) is 4.71. The van der Waals surface area contributed by atoms with E-state index in [9.17, 15) is 4.79 Å². The SMILES string of the molecule is CC(C)C(=O)N1CCN(Cc2nc3cc(Cl)ccc3n2C)CC1. The van der Waals surface area contributed by atoms with Crippen molar-refractivity contribution >= 4 is 28.5 Å². The van der Waals surface area contributed by atoms with Gasteiger partial charge in [-0.05, 0) is 18.2 Å². The monoisotopic (exact) mass is 334 g/mol. The zero-order valence-electron chi connectivity index (χ0n) is 13.9. The zero-order chi connectivity index (χ0) is 16.6. The smallest absolute Gasteiger partial charge is 0.225 e. The average Bonchev–Trinajstić information content (AvgIpc) is 2.82. The van der Waals surface area contributed by atoms with Crippen molar-refractivity contribution < 1.29 is 4.79 Å². The van der Waals surface area contributed by atoms with Gasteiger partial charge in [-0.15, -0.1) is 0 Å². The van der Waals surface area contributed by atoms with E-state index in [1.807, 2.05) is 44.0 Å². The van der Waals surface area contributed by atoms with Gasteiger partial charge < -0.3 is 9.47 Å². The number of carbonyl (C=O) groups excluding carboxylic acids is 1. The molecule has 2 heterocycles. The molecule has 2 aromatic rings. The van der Waals surface area contributed by atoms with E-state index in [2.05, 4.69) is 9.47 Å². The average molecular weight is 335 g/mol. The molecule has 0 N–H and O–H groups in total. The summed E-state index contributed by atoms with van der Waals surface area (Å²) in [7, 11) is 2.04. The van der Waals surface area contributed by atoms with Crippen molar-refractivity contribution in [3.05, 3.63) is 29.0 Å². The van der Waals surface area contributed by atoms with Gasteiger partial charge in [0.05, 0.1) is 17.6 Å². The Balaban J connectivity index is 1.67. The minimum Gasteiger partial charge on any atom is -0.340 e. The summed E-state index contributed by atoms with van der Waals surface area (Å²) in [5.41, 5.74) is 2.03. The van der Waals surface area contributed by atoms with Crippen LogP contribution in [0.4, 0.5) is 0 Å². The van der Waals surface area contributed by atoms with Crippen molar-refractivity contribution in [2.24, 2.45) is 13.0 Å².